The van der Waals surface area contributed by atoms with Crippen LogP contribution in [0.15, 0.2) is 29.7 Å². The monoisotopic (exact) mass is 370 g/mol. The molecule has 1 rings (SSSR count). The Bertz CT molecular complexity index is 678. The van der Waals surface area contributed by atoms with Crippen LogP contribution in [-0.2, 0) is 25.4 Å². The van der Waals surface area contributed by atoms with Crippen molar-refractivity contribution in [3.05, 3.63) is 40.3 Å². The van der Waals surface area contributed by atoms with Crippen molar-refractivity contribution in [1.82, 2.24) is 0 Å². The van der Waals surface area contributed by atoms with Gasteiger partial charge in [0.05, 0.1) is 18.6 Å². The van der Waals surface area contributed by atoms with E-state index in [0.29, 0.717) is 11.3 Å². The van der Waals surface area contributed by atoms with Crippen LogP contribution >= 0.6 is 11.6 Å². The predicted octanol–water partition coefficient (Wildman–Crippen LogP) is 2.62. The van der Waals surface area contributed by atoms with Gasteiger partial charge in [0.1, 0.15) is 5.60 Å². The van der Waals surface area contributed by atoms with Crippen LogP contribution in [0.1, 0.15) is 26.3 Å². The molecule has 0 heterocycles. The van der Waals surface area contributed by atoms with Crippen LogP contribution in [-0.4, -0.2) is 31.9 Å². The van der Waals surface area contributed by atoms with Crippen molar-refractivity contribution in [2.24, 2.45) is 0 Å². The maximum absolute atomic E-state index is 11.8. The molecule has 0 fully saturated rings. The molecule has 0 atom stereocenters. The van der Waals surface area contributed by atoms with Crippen molar-refractivity contribution in [3.63, 3.8) is 0 Å². The molecule has 0 spiro atoms. The van der Waals surface area contributed by atoms with Crippen LogP contribution in [0.4, 0.5) is 10.5 Å². The first kappa shape index (κ1) is 20.6. The summed E-state index contributed by atoms with van der Waals surface area (Å²) in [6, 6.07) is 4.66. The molecule has 0 saturated carbocycles. The van der Waals surface area contributed by atoms with Crippen LogP contribution in [0.3, 0.4) is 0 Å². The molecule has 0 aliphatic rings. The SMILES string of the molecule is COC(=O)/C(Cc1ccc(NC(=O)OC(C)(C)C)cc1Cl)=C(/[O-])OC. The highest BCUT2D eigenvalue weighted by Crippen LogP contribution is 2.25. The molecule has 1 aromatic carbocycles. The van der Waals surface area contributed by atoms with Gasteiger partial charge in [0.15, 0.2) is 0 Å². The molecule has 0 bridgehead atoms. The first-order valence-electron chi connectivity index (χ1n) is 7.38. The lowest BCUT2D eigenvalue weighted by Gasteiger charge is -2.20. The Hall–Kier alpha value is -2.41. The zero-order valence-electron chi connectivity index (χ0n) is 14.8. The summed E-state index contributed by atoms with van der Waals surface area (Å²) < 4.78 is 14.3. The van der Waals surface area contributed by atoms with E-state index in [-0.39, 0.29) is 17.0 Å². The summed E-state index contributed by atoms with van der Waals surface area (Å²) in [5.41, 5.74) is 0.112. The van der Waals surface area contributed by atoms with E-state index in [9.17, 15) is 14.7 Å². The number of anilines is 1. The molecule has 1 N–H and O–H groups in total. The van der Waals surface area contributed by atoms with Crippen molar-refractivity contribution in [2.45, 2.75) is 32.8 Å². The fraction of sp³-hybridized carbons (Fsp3) is 0.412. The van der Waals surface area contributed by atoms with Crippen molar-refractivity contribution in [1.29, 1.82) is 0 Å². The Kier molecular flexibility index (Phi) is 7.11. The highest BCUT2D eigenvalue weighted by atomic mass is 35.5. The Labute approximate surface area is 151 Å². The summed E-state index contributed by atoms with van der Waals surface area (Å²) in [6.07, 6.45) is -0.682. The lowest BCUT2D eigenvalue weighted by Crippen LogP contribution is -2.27. The molecule has 0 saturated heterocycles. The Balaban J connectivity index is 2.95. The van der Waals surface area contributed by atoms with Crippen LogP contribution in [0.25, 0.3) is 0 Å². The second kappa shape index (κ2) is 8.62. The number of ether oxygens (including phenoxy) is 3. The Morgan fingerprint density at radius 1 is 1.20 bits per heavy atom. The molecule has 8 heteroatoms. The van der Waals surface area contributed by atoms with Crippen molar-refractivity contribution < 1.29 is 28.9 Å². The van der Waals surface area contributed by atoms with Gasteiger partial charge < -0.3 is 19.3 Å². The topological polar surface area (TPSA) is 96.9 Å². The summed E-state index contributed by atoms with van der Waals surface area (Å²) >= 11 is 6.18. The average molecular weight is 371 g/mol. The van der Waals surface area contributed by atoms with Crippen LogP contribution in [0.5, 0.6) is 0 Å². The van der Waals surface area contributed by atoms with Gasteiger partial charge in [-0.2, -0.15) is 0 Å². The first-order chi connectivity index (χ1) is 11.6. The normalized spacial score (nSPS) is 12.1. The number of esters is 1. The number of methoxy groups -OCH3 is 2. The zero-order chi connectivity index (χ0) is 19.2. The fourth-order valence-electron chi connectivity index (χ4n) is 1.85. The van der Waals surface area contributed by atoms with Crippen LogP contribution in [0, 0.1) is 0 Å². The van der Waals surface area contributed by atoms with Gasteiger partial charge in [0.2, 0.25) is 0 Å². The summed E-state index contributed by atoms with van der Waals surface area (Å²) in [4.78, 5) is 23.5. The van der Waals surface area contributed by atoms with Gasteiger partial charge in [-0.05, 0) is 45.6 Å². The molecule has 0 aromatic heterocycles. The molecular weight excluding hydrogens is 350 g/mol. The zero-order valence-corrected chi connectivity index (χ0v) is 15.5. The van der Waals surface area contributed by atoms with Gasteiger partial charge in [-0.15, -0.1) is 0 Å². The third-order valence-corrected chi connectivity index (χ3v) is 3.28. The Morgan fingerprint density at radius 3 is 2.32 bits per heavy atom. The van der Waals surface area contributed by atoms with Crippen LogP contribution in [0.2, 0.25) is 5.02 Å². The van der Waals surface area contributed by atoms with E-state index in [2.05, 4.69) is 14.8 Å². The van der Waals surface area contributed by atoms with Gasteiger partial charge in [-0.1, -0.05) is 17.7 Å². The number of hydrogen-bond donors (Lipinski definition) is 1. The average Bonchev–Trinajstić information content (AvgIpc) is 2.50. The summed E-state index contributed by atoms with van der Waals surface area (Å²) in [7, 11) is 2.33. The largest absolute Gasteiger partial charge is 0.616 e. The Morgan fingerprint density at radius 2 is 1.84 bits per heavy atom. The third-order valence-electron chi connectivity index (χ3n) is 2.93. The fourth-order valence-corrected chi connectivity index (χ4v) is 2.10. The smallest absolute Gasteiger partial charge is 0.412 e. The molecule has 0 aliphatic heterocycles. The summed E-state index contributed by atoms with van der Waals surface area (Å²) in [6.45, 7) is 5.25. The van der Waals surface area contributed by atoms with E-state index in [1.807, 2.05) is 0 Å². The number of carbonyl (C=O) groups is 2. The number of nitrogens with one attached hydrogen (secondary N) is 1. The number of benzene rings is 1. The molecular formula is C17H21ClNO6-. The first-order valence-corrected chi connectivity index (χ1v) is 7.76. The van der Waals surface area contributed by atoms with Gasteiger partial charge in [-0.25, -0.2) is 9.59 Å². The van der Waals surface area contributed by atoms with Crippen molar-refractivity contribution in [3.8, 4) is 0 Å². The number of halogens is 1. The van der Waals surface area contributed by atoms with Crippen molar-refractivity contribution >= 4 is 29.4 Å². The van der Waals surface area contributed by atoms with Crippen LogP contribution < -0.4 is 10.4 Å². The quantitative estimate of drug-likeness (QED) is 0.486. The number of rotatable bonds is 5. The maximum atomic E-state index is 11.8. The van der Waals surface area contributed by atoms with E-state index < -0.39 is 23.6 Å². The number of carbonyl (C=O) groups excluding carboxylic acids is 2. The van der Waals surface area contributed by atoms with Gasteiger partial charge in [-0.3, -0.25) is 5.32 Å². The standard InChI is InChI=1S/C17H22ClNO6/c1-17(2,3)25-16(22)19-11-7-6-10(13(18)9-11)8-12(14(20)23-4)15(21)24-5/h6-7,9,20H,8H2,1-5H3,(H,19,22)/p-1/b14-12-. The van der Waals surface area contributed by atoms with E-state index >= 15 is 0 Å². The van der Waals surface area contributed by atoms with Gasteiger partial charge >= 0.3 is 12.1 Å². The van der Waals surface area contributed by atoms with Gasteiger partial charge in [0, 0.05) is 17.1 Å². The molecule has 1 amide bonds. The number of amides is 1. The predicted molar refractivity (Wildman–Crippen MR) is 91.1 cm³/mol. The lowest BCUT2D eigenvalue weighted by atomic mass is 10.1. The molecule has 25 heavy (non-hydrogen) atoms. The third kappa shape index (κ3) is 6.54. The molecule has 0 aliphatic carbocycles. The minimum absolute atomic E-state index is 0.0646. The van der Waals surface area contributed by atoms with E-state index in [0.717, 1.165) is 0 Å². The van der Waals surface area contributed by atoms with Gasteiger partial charge in [0.25, 0.3) is 0 Å². The highest BCUT2D eigenvalue weighted by molar-refractivity contribution is 6.31. The molecule has 7 nitrogen and oxygen atoms in total. The minimum atomic E-state index is -0.793. The molecule has 1 aromatic rings. The summed E-state index contributed by atoms with van der Waals surface area (Å²) in [5.74, 6) is -1.59. The maximum Gasteiger partial charge on any atom is 0.412 e. The molecule has 138 valence electrons. The summed E-state index contributed by atoms with van der Waals surface area (Å²) in [5, 5.41) is 14.5. The van der Waals surface area contributed by atoms with E-state index in [4.69, 9.17) is 16.3 Å². The molecule has 0 unspecified atom stereocenters. The number of hydrogen-bond acceptors (Lipinski definition) is 6. The second-order valence-electron chi connectivity index (χ2n) is 6.07. The van der Waals surface area contributed by atoms with E-state index in [1.165, 1.54) is 20.3 Å². The second-order valence-corrected chi connectivity index (χ2v) is 6.48. The van der Waals surface area contributed by atoms with E-state index in [1.54, 1.807) is 32.9 Å². The highest BCUT2D eigenvalue weighted by Gasteiger charge is 2.18. The lowest BCUT2D eigenvalue weighted by molar-refractivity contribution is -0.355. The van der Waals surface area contributed by atoms with Crippen molar-refractivity contribution in [2.75, 3.05) is 19.5 Å². The molecule has 0 radical (unpaired) electrons. The minimum Gasteiger partial charge on any atom is -0.616 e.